The van der Waals surface area contributed by atoms with Crippen LogP contribution in [-0.2, 0) is 28.6 Å². The molecular weight excluding hydrogens is 1010 g/mol. The zero-order valence-corrected chi connectivity index (χ0v) is 54.2. The Labute approximate surface area is 508 Å². The lowest BCUT2D eigenvalue weighted by atomic mass is 10.0. The van der Waals surface area contributed by atoms with Gasteiger partial charge >= 0.3 is 17.9 Å². The largest absolute Gasteiger partial charge is 0.462 e. The summed E-state index contributed by atoms with van der Waals surface area (Å²) in [6.07, 6.45) is 94.4. The van der Waals surface area contributed by atoms with Crippen LogP contribution in [0.3, 0.4) is 0 Å². The number of hydrogen-bond donors (Lipinski definition) is 0. The Hall–Kier alpha value is -3.67. The SMILES string of the molecule is CC/C=C\C/C=C\C/C=C\C/C=C\C/C=C\CCCC(=O)OCC(COC(=O)CCCCCCCCCCCCCCCCCCC/C=C\C/C=C\CCCCCCC)OC(=O)CCCCCCCCC/C=C\CCCCCCCCC. The van der Waals surface area contributed by atoms with Crippen molar-refractivity contribution in [3.05, 3.63) is 97.2 Å². The van der Waals surface area contributed by atoms with Crippen LogP contribution in [0.2, 0.25) is 0 Å². The van der Waals surface area contributed by atoms with Gasteiger partial charge in [-0.25, -0.2) is 0 Å². The van der Waals surface area contributed by atoms with Gasteiger partial charge in [0.2, 0.25) is 0 Å². The highest BCUT2D eigenvalue weighted by molar-refractivity contribution is 5.71. The molecule has 0 amide bonds. The maximum Gasteiger partial charge on any atom is 0.306 e. The van der Waals surface area contributed by atoms with Gasteiger partial charge in [-0.1, -0.05) is 311 Å². The molecule has 0 saturated heterocycles. The number of carbonyl (C=O) groups excluding carboxylic acids is 3. The summed E-state index contributed by atoms with van der Waals surface area (Å²) in [7, 11) is 0. The first-order valence-electron chi connectivity index (χ1n) is 35.2. The van der Waals surface area contributed by atoms with Crippen molar-refractivity contribution in [3.63, 3.8) is 0 Å². The molecule has 0 heterocycles. The van der Waals surface area contributed by atoms with E-state index in [1.54, 1.807) is 0 Å². The van der Waals surface area contributed by atoms with Crippen LogP contribution in [0.4, 0.5) is 0 Å². The highest BCUT2D eigenvalue weighted by Crippen LogP contribution is 2.17. The van der Waals surface area contributed by atoms with Gasteiger partial charge in [0, 0.05) is 19.3 Å². The number of allylic oxidation sites excluding steroid dienone is 16. The van der Waals surface area contributed by atoms with Crippen molar-refractivity contribution < 1.29 is 28.6 Å². The third-order valence-corrected chi connectivity index (χ3v) is 15.3. The normalized spacial score (nSPS) is 12.7. The Bertz CT molecular complexity index is 1590. The zero-order valence-electron chi connectivity index (χ0n) is 54.2. The molecule has 0 aromatic heterocycles. The molecule has 82 heavy (non-hydrogen) atoms. The molecule has 0 aliphatic heterocycles. The minimum absolute atomic E-state index is 0.0947. The Morgan fingerprint density at radius 1 is 0.256 bits per heavy atom. The first kappa shape index (κ1) is 78.3. The van der Waals surface area contributed by atoms with E-state index >= 15 is 0 Å². The lowest BCUT2D eigenvalue weighted by Gasteiger charge is -2.18. The highest BCUT2D eigenvalue weighted by atomic mass is 16.6. The molecule has 0 N–H and O–H groups in total. The van der Waals surface area contributed by atoms with Gasteiger partial charge in [-0.15, -0.1) is 0 Å². The zero-order chi connectivity index (χ0) is 59.2. The van der Waals surface area contributed by atoms with E-state index in [1.807, 2.05) is 0 Å². The number of ether oxygens (including phenoxy) is 3. The Morgan fingerprint density at radius 3 is 0.805 bits per heavy atom. The van der Waals surface area contributed by atoms with Crippen LogP contribution >= 0.6 is 0 Å². The fourth-order valence-electron chi connectivity index (χ4n) is 10.0. The number of unbranched alkanes of at least 4 members (excludes halogenated alkanes) is 37. The first-order valence-corrected chi connectivity index (χ1v) is 35.2. The van der Waals surface area contributed by atoms with Crippen LogP contribution in [0.1, 0.15) is 348 Å². The highest BCUT2D eigenvalue weighted by Gasteiger charge is 2.19. The molecule has 1 atom stereocenters. The van der Waals surface area contributed by atoms with Crippen molar-refractivity contribution in [2.75, 3.05) is 13.2 Å². The first-order chi connectivity index (χ1) is 40.5. The van der Waals surface area contributed by atoms with Gasteiger partial charge in [0.05, 0.1) is 0 Å². The van der Waals surface area contributed by atoms with Crippen molar-refractivity contribution in [1.82, 2.24) is 0 Å². The number of esters is 3. The quantitative estimate of drug-likeness (QED) is 0.0261. The summed E-state index contributed by atoms with van der Waals surface area (Å²) in [6.45, 7) is 6.50. The summed E-state index contributed by atoms with van der Waals surface area (Å²) in [5, 5.41) is 0. The summed E-state index contributed by atoms with van der Waals surface area (Å²) >= 11 is 0. The molecule has 0 spiro atoms. The average molecular weight is 1140 g/mol. The van der Waals surface area contributed by atoms with E-state index < -0.39 is 6.10 Å². The third kappa shape index (κ3) is 67.1. The molecule has 0 radical (unpaired) electrons. The number of hydrogen-bond acceptors (Lipinski definition) is 6. The Balaban J connectivity index is 4.32. The predicted octanol–water partition coefficient (Wildman–Crippen LogP) is 24.4. The number of rotatable bonds is 64. The maximum atomic E-state index is 12.9. The third-order valence-electron chi connectivity index (χ3n) is 15.3. The van der Waals surface area contributed by atoms with Gasteiger partial charge in [-0.2, -0.15) is 0 Å². The summed E-state index contributed by atoms with van der Waals surface area (Å²) in [4.78, 5) is 38.4. The molecule has 0 aliphatic rings. The van der Waals surface area contributed by atoms with Gasteiger partial charge in [-0.3, -0.25) is 14.4 Å². The summed E-state index contributed by atoms with van der Waals surface area (Å²) in [5.74, 6) is -0.945. The molecular formula is C76H132O6. The monoisotopic (exact) mass is 1140 g/mol. The molecule has 6 heteroatoms. The summed E-state index contributed by atoms with van der Waals surface area (Å²) < 4.78 is 16.9. The van der Waals surface area contributed by atoms with Gasteiger partial charge in [0.15, 0.2) is 6.10 Å². The molecule has 0 fully saturated rings. The van der Waals surface area contributed by atoms with E-state index in [4.69, 9.17) is 14.2 Å². The smallest absolute Gasteiger partial charge is 0.306 e. The van der Waals surface area contributed by atoms with Crippen molar-refractivity contribution in [2.24, 2.45) is 0 Å². The van der Waals surface area contributed by atoms with Crippen molar-refractivity contribution >= 4 is 17.9 Å². The lowest BCUT2D eigenvalue weighted by molar-refractivity contribution is -0.167. The van der Waals surface area contributed by atoms with Crippen LogP contribution in [-0.4, -0.2) is 37.2 Å². The Morgan fingerprint density at radius 2 is 0.488 bits per heavy atom. The van der Waals surface area contributed by atoms with E-state index in [2.05, 4.69) is 118 Å². The molecule has 0 rings (SSSR count). The summed E-state index contributed by atoms with van der Waals surface area (Å²) in [5.41, 5.74) is 0. The second kappa shape index (κ2) is 69.8. The van der Waals surface area contributed by atoms with Gasteiger partial charge in [-0.05, 0) is 116 Å². The van der Waals surface area contributed by atoms with E-state index in [9.17, 15) is 14.4 Å². The van der Waals surface area contributed by atoms with Crippen molar-refractivity contribution in [1.29, 1.82) is 0 Å². The van der Waals surface area contributed by atoms with Crippen LogP contribution in [0, 0.1) is 0 Å². The summed E-state index contributed by atoms with van der Waals surface area (Å²) in [6, 6.07) is 0. The Kier molecular flexibility index (Phi) is 66.7. The molecule has 6 nitrogen and oxygen atoms in total. The fraction of sp³-hybridized carbons (Fsp3) is 0.750. The standard InChI is InChI=1S/C76H132O6/c1-4-7-10-13-16-19-22-25-28-31-33-34-35-36-37-38-39-40-41-42-43-46-48-51-54-57-60-63-66-69-75(78)81-72-73(71-80-74(77)68-65-62-59-56-53-50-47-44-30-27-24-21-18-15-12-9-6-3)82-76(79)70-67-64-61-58-55-52-49-45-32-29-26-23-20-17-14-11-8-5-2/h9,12,18,21-22,25,27,29-33,47,50,56,59,73H,4-8,10-11,13-17,19-20,23-24,26,28,34-46,48-49,51-55,57-58,60-72H2,1-3H3/b12-9-,21-18-,25-22-,30-27-,32-29-,33-31-,50-47-,59-56-. The molecule has 0 bridgehead atoms. The van der Waals surface area contributed by atoms with E-state index in [0.717, 1.165) is 83.5 Å². The number of carbonyl (C=O) groups is 3. The van der Waals surface area contributed by atoms with Crippen LogP contribution < -0.4 is 0 Å². The van der Waals surface area contributed by atoms with Crippen LogP contribution in [0.5, 0.6) is 0 Å². The topological polar surface area (TPSA) is 78.9 Å². The van der Waals surface area contributed by atoms with E-state index in [0.29, 0.717) is 19.3 Å². The van der Waals surface area contributed by atoms with Gasteiger partial charge < -0.3 is 14.2 Å². The molecule has 0 aromatic rings. The maximum absolute atomic E-state index is 12.9. The van der Waals surface area contributed by atoms with Crippen molar-refractivity contribution in [3.8, 4) is 0 Å². The van der Waals surface area contributed by atoms with Crippen LogP contribution in [0.15, 0.2) is 97.2 Å². The molecule has 0 aliphatic carbocycles. The second-order valence-corrected chi connectivity index (χ2v) is 23.4. The molecule has 0 aromatic carbocycles. The average Bonchev–Trinajstić information content (AvgIpc) is 3.47. The van der Waals surface area contributed by atoms with Crippen LogP contribution in [0.25, 0.3) is 0 Å². The molecule has 1 unspecified atom stereocenters. The van der Waals surface area contributed by atoms with Gasteiger partial charge in [0.1, 0.15) is 13.2 Å². The predicted molar refractivity (Wildman–Crippen MR) is 357 cm³/mol. The fourth-order valence-corrected chi connectivity index (χ4v) is 10.0. The molecule has 472 valence electrons. The van der Waals surface area contributed by atoms with Gasteiger partial charge in [0.25, 0.3) is 0 Å². The minimum Gasteiger partial charge on any atom is -0.462 e. The van der Waals surface area contributed by atoms with Crippen molar-refractivity contribution in [2.45, 2.75) is 354 Å². The lowest BCUT2D eigenvalue weighted by Crippen LogP contribution is -2.30. The van der Waals surface area contributed by atoms with E-state index in [1.165, 1.54) is 218 Å². The second-order valence-electron chi connectivity index (χ2n) is 23.4. The minimum atomic E-state index is -0.804. The molecule has 0 saturated carbocycles. The van der Waals surface area contributed by atoms with E-state index in [-0.39, 0.29) is 37.5 Å².